The Morgan fingerprint density at radius 3 is 2.41 bits per heavy atom. The topological polar surface area (TPSA) is 38.9 Å². The summed E-state index contributed by atoms with van der Waals surface area (Å²) in [6.45, 7) is 0. The van der Waals surface area contributed by atoms with Gasteiger partial charge in [-0.15, -0.1) is 0 Å². The van der Waals surface area contributed by atoms with Crippen LogP contribution in [0.2, 0.25) is 5.15 Å². The predicted octanol–water partition coefficient (Wildman–Crippen LogP) is 3.24. The molecule has 1 aliphatic rings. The molecule has 1 aromatic rings. The minimum absolute atomic E-state index is 0.0743. The van der Waals surface area contributed by atoms with Crippen LogP contribution < -0.4 is 5.73 Å². The van der Waals surface area contributed by atoms with E-state index in [-0.39, 0.29) is 30.8 Å². The van der Waals surface area contributed by atoms with Gasteiger partial charge >= 0.3 is 0 Å². The average molecular weight is 265 g/mol. The molecule has 2 rings (SSSR count). The lowest BCUT2D eigenvalue weighted by Gasteiger charge is -2.37. The SMILES string of the molecule is NC1(c2cc(F)cnc2Cl)CCC(F)(F)CC1. The van der Waals surface area contributed by atoms with E-state index < -0.39 is 17.3 Å². The van der Waals surface area contributed by atoms with E-state index in [9.17, 15) is 13.2 Å². The Hall–Kier alpha value is -0.810. The number of alkyl halides is 2. The minimum Gasteiger partial charge on any atom is -0.321 e. The predicted molar refractivity (Wildman–Crippen MR) is 58.5 cm³/mol. The summed E-state index contributed by atoms with van der Waals surface area (Å²) in [5.41, 5.74) is 5.36. The summed E-state index contributed by atoms with van der Waals surface area (Å²) >= 11 is 5.85. The summed E-state index contributed by atoms with van der Waals surface area (Å²) < 4.78 is 39.2. The van der Waals surface area contributed by atoms with Gasteiger partial charge < -0.3 is 5.73 Å². The molecule has 0 amide bonds. The summed E-state index contributed by atoms with van der Waals surface area (Å²) in [5, 5.41) is 0.0825. The zero-order chi connectivity index (χ0) is 12.7. The Bertz CT molecular complexity index is 427. The van der Waals surface area contributed by atoms with Crippen molar-refractivity contribution in [3.63, 3.8) is 0 Å². The number of pyridine rings is 1. The highest BCUT2D eigenvalue weighted by atomic mass is 35.5. The highest BCUT2D eigenvalue weighted by Gasteiger charge is 2.43. The van der Waals surface area contributed by atoms with Crippen LogP contribution in [0.4, 0.5) is 13.2 Å². The number of hydrogen-bond acceptors (Lipinski definition) is 2. The molecule has 1 saturated carbocycles. The van der Waals surface area contributed by atoms with Crippen molar-refractivity contribution >= 4 is 11.6 Å². The second-order valence-electron chi connectivity index (χ2n) is 4.50. The molecule has 0 saturated heterocycles. The zero-order valence-electron chi connectivity index (χ0n) is 9.02. The van der Waals surface area contributed by atoms with Gasteiger partial charge in [-0.2, -0.15) is 0 Å². The summed E-state index contributed by atoms with van der Waals surface area (Å²) in [6, 6.07) is 1.18. The van der Waals surface area contributed by atoms with Crippen molar-refractivity contribution in [2.24, 2.45) is 5.73 Å². The zero-order valence-corrected chi connectivity index (χ0v) is 9.78. The van der Waals surface area contributed by atoms with E-state index in [0.29, 0.717) is 5.56 Å². The molecule has 0 radical (unpaired) electrons. The molecule has 2 N–H and O–H groups in total. The minimum atomic E-state index is -2.68. The molecule has 0 atom stereocenters. The molecule has 2 nitrogen and oxygen atoms in total. The van der Waals surface area contributed by atoms with E-state index in [2.05, 4.69) is 4.98 Å². The molecule has 0 bridgehead atoms. The molecule has 94 valence electrons. The van der Waals surface area contributed by atoms with Gasteiger partial charge in [0.2, 0.25) is 5.92 Å². The van der Waals surface area contributed by atoms with Gasteiger partial charge in [0.25, 0.3) is 0 Å². The van der Waals surface area contributed by atoms with Crippen molar-refractivity contribution in [1.82, 2.24) is 4.98 Å². The number of rotatable bonds is 1. The molecule has 1 heterocycles. The number of nitrogens with zero attached hydrogens (tertiary/aromatic N) is 1. The summed E-state index contributed by atoms with van der Waals surface area (Å²) in [7, 11) is 0. The van der Waals surface area contributed by atoms with Crippen LogP contribution in [0.15, 0.2) is 12.3 Å². The second kappa shape index (κ2) is 4.14. The van der Waals surface area contributed by atoms with Gasteiger partial charge in [-0.05, 0) is 18.9 Å². The Morgan fingerprint density at radius 1 is 1.24 bits per heavy atom. The van der Waals surface area contributed by atoms with Crippen molar-refractivity contribution in [3.8, 4) is 0 Å². The van der Waals surface area contributed by atoms with Crippen LogP contribution >= 0.6 is 11.6 Å². The van der Waals surface area contributed by atoms with Crippen molar-refractivity contribution < 1.29 is 13.2 Å². The number of hydrogen-bond donors (Lipinski definition) is 1. The van der Waals surface area contributed by atoms with Crippen molar-refractivity contribution in [1.29, 1.82) is 0 Å². The van der Waals surface area contributed by atoms with Gasteiger partial charge in [-0.3, -0.25) is 0 Å². The maximum atomic E-state index is 13.1. The van der Waals surface area contributed by atoms with Crippen molar-refractivity contribution in [2.75, 3.05) is 0 Å². The highest BCUT2D eigenvalue weighted by molar-refractivity contribution is 6.30. The maximum absolute atomic E-state index is 13.1. The molecule has 6 heteroatoms. The second-order valence-corrected chi connectivity index (χ2v) is 4.86. The Balaban J connectivity index is 2.30. The van der Waals surface area contributed by atoms with E-state index in [1.807, 2.05) is 0 Å². The average Bonchev–Trinajstić information content (AvgIpc) is 2.26. The Labute approximate surface area is 102 Å². The van der Waals surface area contributed by atoms with Gasteiger partial charge in [0.05, 0.1) is 6.20 Å². The first-order chi connectivity index (χ1) is 7.82. The highest BCUT2D eigenvalue weighted by Crippen LogP contribution is 2.43. The lowest BCUT2D eigenvalue weighted by molar-refractivity contribution is -0.0514. The molecule has 1 fully saturated rings. The lowest BCUT2D eigenvalue weighted by Crippen LogP contribution is -2.43. The smallest absolute Gasteiger partial charge is 0.248 e. The third-order valence-electron chi connectivity index (χ3n) is 3.22. The van der Waals surface area contributed by atoms with Crippen LogP contribution in [0, 0.1) is 5.82 Å². The molecule has 0 spiro atoms. The third kappa shape index (κ3) is 2.55. The van der Waals surface area contributed by atoms with Crippen LogP contribution in [0.25, 0.3) is 0 Å². The Morgan fingerprint density at radius 2 is 1.82 bits per heavy atom. The van der Waals surface area contributed by atoms with Gasteiger partial charge in [-0.1, -0.05) is 11.6 Å². The van der Waals surface area contributed by atoms with Crippen molar-refractivity contribution in [2.45, 2.75) is 37.1 Å². The molecule has 0 aromatic carbocycles. The third-order valence-corrected chi connectivity index (χ3v) is 3.52. The summed E-state index contributed by atoms with van der Waals surface area (Å²) in [4.78, 5) is 3.66. The first kappa shape index (κ1) is 12.6. The van der Waals surface area contributed by atoms with Gasteiger partial charge in [-0.25, -0.2) is 18.2 Å². The Kier molecular flexibility index (Phi) is 3.08. The van der Waals surface area contributed by atoms with E-state index >= 15 is 0 Å². The van der Waals surface area contributed by atoms with E-state index in [4.69, 9.17) is 17.3 Å². The quantitative estimate of drug-likeness (QED) is 0.791. The van der Waals surface area contributed by atoms with Gasteiger partial charge in [0.15, 0.2) is 0 Å². The van der Waals surface area contributed by atoms with E-state index in [1.54, 1.807) is 0 Å². The first-order valence-electron chi connectivity index (χ1n) is 5.31. The fraction of sp³-hybridized carbons (Fsp3) is 0.545. The van der Waals surface area contributed by atoms with Crippen molar-refractivity contribution in [3.05, 3.63) is 28.8 Å². The van der Waals surface area contributed by atoms with Gasteiger partial charge in [0, 0.05) is 23.9 Å². The molecular formula is C11H12ClF3N2. The number of aromatic nitrogens is 1. The molecule has 0 aliphatic heterocycles. The van der Waals surface area contributed by atoms with Crippen LogP contribution in [-0.4, -0.2) is 10.9 Å². The monoisotopic (exact) mass is 264 g/mol. The van der Waals surface area contributed by atoms with Crippen LogP contribution in [-0.2, 0) is 5.54 Å². The molecule has 0 unspecified atom stereocenters. The molecule has 1 aromatic heterocycles. The normalized spacial score (nSPS) is 22.4. The summed E-state index contributed by atoms with van der Waals surface area (Å²) in [6.07, 6.45) is 0.509. The largest absolute Gasteiger partial charge is 0.321 e. The number of nitrogens with two attached hydrogens (primary N) is 1. The van der Waals surface area contributed by atoms with Crippen LogP contribution in [0.1, 0.15) is 31.2 Å². The molecular weight excluding hydrogens is 253 g/mol. The summed E-state index contributed by atoms with van der Waals surface area (Å²) in [5.74, 6) is -3.25. The number of halogens is 4. The molecule has 17 heavy (non-hydrogen) atoms. The fourth-order valence-electron chi connectivity index (χ4n) is 2.10. The van der Waals surface area contributed by atoms with E-state index in [0.717, 1.165) is 6.20 Å². The standard InChI is InChI=1S/C11H12ClF3N2/c12-9-8(5-7(13)6-17-9)10(16)1-3-11(14,15)4-2-10/h5-6H,1-4,16H2. The first-order valence-corrected chi connectivity index (χ1v) is 5.68. The molecule has 1 aliphatic carbocycles. The van der Waals surface area contributed by atoms with Crippen LogP contribution in [0.5, 0.6) is 0 Å². The maximum Gasteiger partial charge on any atom is 0.248 e. The lowest BCUT2D eigenvalue weighted by atomic mass is 9.76. The van der Waals surface area contributed by atoms with Gasteiger partial charge in [0.1, 0.15) is 11.0 Å². The van der Waals surface area contributed by atoms with E-state index in [1.165, 1.54) is 6.07 Å². The fourth-order valence-corrected chi connectivity index (χ4v) is 2.39. The van der Waals surface area contributed by atoms with Crippen LogP contribution in [0.3, 0.4) is 0 Å².